The number of aryl methyl sites for hydroxylation is 1. The Morgan fingerprint density at radius 3 is 2.75 bits per heavy atom. The van der Waals surface area contributed by atoms with Crippen molar-refractivity contribution >= 4 is 34.6 Å². The summed E-state index contributed by atoms with van der Waals surface area (Å²) in [5.41, 5.74) is 6.11. The van der Waals surface area contributed by atoms with Gasteiger partial charge in [-0.05, 0) is 24.9 Å². The number of hydrogen-bond acceptors (Lipinski definition) is 5. The Balaban J connectivity index is 2.82. The minimum absolute atomic E-state index is 0.0952. The average molecular weight is 258 g/mol. The average Bonchev–Trinajstić information content (AvgIpc) is 2.62. The van der Waals surface area contributed by atoms with Gasteiger partial charge in [0.1, 0.15) is 4.88 Å². The Bertz CT molecular complexity index is 391. The topological polar surface area (TPSA) is 72.1 Å². The highest BCUT2D eigenvalue weighted by Gasteiger charge is 2.20. The van der Waals surface area contributed by atoms with Gasteiger partial charge in [-0.15, -0.1) is 5.10 Å². The number of aromatic nitrogens is 2. The molecule has 88 valence electrons. The van der Waals surface area contributed by atoms with Crippen LogP contribution in [0, 0.1) is 6.92 Å². The third kappa shape index (κ3) is 3.21. The maximum Gasteiger partial charge on any atom is 0.267 e. The zero-order valence-corrected chi connectivity index (χ0v) is 10.9. The maximum atomic E-state index is 12.1. The van der Waals surface area contributed by atoms with E-state index in [0.29, 0.717) is 28.6 Å². The van der Waals surface area contributed by atoms with Gasteiger partial charge in [-0.1, -0.05) is 23.6 Å². The van der Waals surface area contributed by atoms with E-state index in [1.165, 1.54) is 0 Å². The molecule has 0 spiro atoms. The summed E-state index contributed by atoms with van der Waals surface area (Å²) >= 11 is 5.93. The van der Waals surface area contributed by atoms with Crippen molar-refractivity contribution in [3.63, 3.8) is 0 Å². The molecule has 0 saturated carbocycles. The van der Waals surface area contributed by atoms with Crippen molar-refractivity contribution in [3.8, 4) is 0 Å². The Hall–Kier alpha value is -1.08. The maximum absolute atomic E-state index is 12.1. The summed E-state index contributed by atoms with van der Waals surface area (Å²) in [4.78, 5) is 14.6. The molecule has 0 unspecified atom stereocenters. The van der Waals surface area contributed by atoms with E-state index in [9.17, 15) is 4.79 Å². The number of hydrogen-bond donors (Lipinski definition) is 1. The van der Waals surface area contributed by atoms with E-state index in [1.807, 2.05) is 6.92 Å². The van der Waals surface area contributed by atoms with Gasteiger partial charge in [0.25, 0.3) is 5.91 Å². The van der Waals surface area contributed by atoms with Crippen LogP contribution in [0.25, 0.3) is 0 Å². The first-order valence-corrected chi connectivity index (χ1v) is 6.11. The largest absolute Gasteiger partial charge is 0.392 e. The zero-order valence-electron chi connectivity index (χ0n) is 9.27. The number of amides is 1. The predicted octanol–water partition coefficient (Wildman–Crippen LogP) is 0.985. The van der Waals surface area contributed by atoms with Gasteiger partial charge in [0, 0.05) is 6.54 Å². The molecule has 5 nitrogen and oxygen atoms in total. The Morgan fingerprint density at radius 1 is 1.62 bits per heavy atom. The molecule has 1 amide bonds. The van der Waals surface area contributed by atoms with Crippen molar-refractivity contribution in [2.24, 2.45) is 5.73 Å². The summed E-state index contributed by atoms with van der Waals surface area (Å²) in [6.45, 7) is 4.70. The van der Waals surface area contributed by atoms with Crippen LogP contribution in [-0.4, -0.2) is 38.5 Å². The van der Waals surface area contributed by atoms with Crippen molar-refractivity contribution in [3.05, 3.63) is 10.6 Å². The van der Waals surface area contributed by atoms with Gasteiger partial charge in [-0.2, -0.15) is 0 Å². The van der Waals surface area contributed by atoms with Crippen LogP contribution in [0.15, 0.2) is 0 Å². The Labute approximate surface area is 104 Å². The number of thiocarbonyl (C=S) groups is 1. The fraction of sp³-hybridized carbons (Fsp3) is 0.556. The predicted molar refractivity (Wildman–Crippen MR) is 67.6 cm³/mol. The van der Waals surface area contributed by atoms with E-state index in [-0.39, 0.29) is 5.91 Å². The summed E-state index contributed by atoms with van der Waals surface area (Å²) < 4.78 is 3.74. The van der Waals surface area contributed by atoms with Crippen LogP contribution >= 0.6 is 23.8 Å². The molecule has 1 rings (SSSR count). The molecule has 0 aromatic carbocycles. The minimum atomic E-state index is -0.0952. The summed E-state index contributed by atoms with van der Waals surface area (Å²) in [6.07, 6.45) is 0.861. The molecule has 16 heavy (non-hydrogen) atoms. The monoisotopic (exact) mass is 258 g/mol. The van der Waals surface area contributed by atoms with E-state index in [1.54, 1.807) is 11.8 Å². The Kier molecular flexibility index (Phi) is 4.75. The normalized spacial score (nSPS) is 10.1. The fourth-order valence-corrected chi connectivity index (χ4v) is 2.06. The van der Waals surface area contributed by atoms with Crippen LogP contribution in [0.2, 0.25) is 0 Å². The minimum Gasteiger partial charge on any atom is -0.392 e. The lowest BCUT2D eigenvalue weighted by Gasteiger charge is -2.20. The molecule has 0 aliphatic rings. The lowest BCUT2D eigenvalue weighted by molar-refractivity contribution is 0.0784. The molecule has 0 saturated heterocycles. The third-order valence-corrected chi connectivity index (χ3v) is 2.92. The first-order chi connectivity index (χ1) is 7.56. The third-order valence-electron chi connectivity index (χ3n) is 1.97. The van der Waals surface area contributed by atoms with Crippen LogP contribution in [0.4, 0.5) is 0 Å². The Morgan fingerprint density at radius 2 is 2.31 bits per heavy atom. The quantitative estimate of drug-likeness (QED) is 0.797. The molecular formula is C9H14N4OS2. The fourth-order valence-electron chi connectivity index (χ4n) is 1.28. The second kappa shape index (κ2) is 5.86. The number of rotatable bonds is 5. The van der Waals surface area contributed by atoms with Crippen molar-refractivity contribution < 1.29 is 4.79 Å². The van der Waals surface area contributed by atoms with Crippen molar-refractivity contribution in [1.29, 1.82) is 0 Å². The van der Waals surface area contributed by atoms with E-state index in [2.05, 4.69) is 9.59 Å². The number of nitrogens with two attached hydrogens (primary N) is 1. The number of carbonyl (C=O) groups is 1. The van der Waals surface area contributed by atoms with Crippen LogP contribution < -0.4 is 5.73 Å². The molecule has 0 aliphatic heterocycles. The van der Waals surface area contributed by atoms with Gasteiger partial charge >= 0.3 is 0 Å². The van der Waals surface area contributed by atoms with Crippen LogP contribution in [0.5, 0.6) is 0 Å². The van der Waals surface area contributed by atoms with Gasteiger partial charge in [-0.25, -0.2) is 0 Å². The van der Waals surface area contributed by atoms with Gasteiger partial charge in [0.05, 0.1) is 17.2 Å². The molecule has 7 heteroatoms. The molecule has 1 aromatic heterocycles. The molecule has 0 radical (unpaired) electrons. The highest BCUT2D eigenvalue weighted by atomic mass is 32.1. The van der Waals surface area contributed by atoms with Crippen LogP contribution in [-0.2, 0) is 0 Å². The first kappa shape index (κ1) is 13.0. The molecule has 0 fully saturated rings. The van der Waals surface area contributed by atoms with Crippen LogP contribution in [0.1, 0.15) is 28.7 Å². The van der Waals surface area contributed by atoms with E-state index >= 15 is 0 Å². The van der Waals surface area contributed by atoms with Gasteiger partial charge < -0.3 is 10.6 Å². The second-order valence-electron chi connectivity index (χ2n) is 3.38. The van der Waals surface area contributed by atoms with E-state index in [4.69, 9.17) is 18.0 Å². The standard InChI is InChI=1S/C9H14N4OS2/c1-3-4-13(5-7(10)15)9(14)8-6(2)11-12-16-8/h3-5H2,1-2H3,(H2,10,15). The van der Waals surface area contributed by atoms with Gasteiger partial charge in [0.2, 0.25) is 0 Å². The van der Waals surface area contributed by atoms with Gasteiger partial charge in [-0.3, -0.25) is 4.79 Å². The van der Waals surface area contributed by atoms with Gasteiger partial charge in [0.15, 0.2) is 0 Å². The summed E-state index contributed by atoms with van der Waals surface area (Å²) in [5, 5.41) is 3.82. The smallest absolute Gasteiger partial charge is 0.267 e. The second-order valence-corrected chi connectivity index (χ2v) is 4.66. The molecule has 2 N–H and O–H groups in total. The van der Waals surface area contributed by atoms with Crippen molar-refractivity contribution in [2.75, 3.05) is 13.1 Å². The molecule has 1 aromatic rings. The summed E-state index contributed by atoms with van der Waals surface area (Å²) in [5.74, 6) is -0.0952. The van der Waals surface area contributed by atoms with E-state index < -0.39 is 0 Å². The van der Waals surface area contributed by atoms with Crippen molar-refractivity contribution in [1.82, 2.24) is 14.5 Å². The lowest BCUT2D eigenvalue weighted by Crippen LogP contribution is -2.38. The highest BCUT2D eigenvalue weighted by Crippen LogP contribution is 2.12. The van der Waals surface area contributed by atoms with E-state index in [0.717, 1.165) is 18.0 Å². The lowest BCUT2D eigenvalue weighted by atomic mass is 10.3. The number of nitrogens with zero attached hydrogens (tertiary/aromatic N) is 3. The molecule has 0 aliphatic carbocycles. The first-order valence-electron chi connectivity index (χ1n) is 4.92. The van der Waals surface area contributed by atoms with Crippen LogP contribution in [0.3, 0.4) is 0 Å². The molecular weight excluding hydrogens is 244 g/mol. The molecule has 1 heterocycles. The summed E-state index contributed by atoms with van der Waals surface area (Å²) in [7, 11) is 0. The summed E-state index contributed by atoms with van der Waals surface area (Å²) in [6, 6.07) is 0. The number of carbonyl (C=O) groups excluding carboxylic acids is 1. The molecule has 0 atom stereocenters. The molecule has 0 bridgehead atoms. The van der Waals surface area contributed by atoms with Crippen molar-refractivity contribution in [2.45, 2.75) is 20.3 Å². The highest BCUT2D eigenvalue weighted by molar-refractivity contribution is 7.80. The SMILES string of the molecule is CCCN(CC(N)=S)C(=O)c1snnc1C. The zero-order chi connectivity index (χ0) is 12.1.